The van der Waals surface area contributed by atoms with Crippen LogP contribution in [0.15, 0.2) is 18.2 Å². The summed E-state index contributed by atoms with van der Waals surface area (Å²) in [6.45, 7) is -2.65. The van der Waals surface area contributed by atoms with Crippen LogP contribution in [-0.2, 0) is 10.0 Å². The van der Waals surface area contributed by atoms with E-state index in [4.69, 9.17) is 11.6 Å². The zero-order valence-electron chi connectivity index (χ0n) is 14.1. The summed E-state index contributed by atoms with van der Waals surface area (Å²) in [5.74, 6) is -8.95. The monoisotopic (exact) mass is 441 g/mol. The molecule has 3 aliphatic carbocycles. The predicted octanol–water partition coefficient (Wildman–Crippen LogP) is 3.60. The maximum absolute atomic E-state index is 13.9. The van der Waals surface area contributed by atoms with Crippen molar-refractivity contribution in [3.05, 3.63) is 23.2 Å². The Hall–Kier alpha value is -1.62. The second-order valence-corrected chi connectivity index (χ2v) is 10.5. The molecule has 1 aliphatic heterocycles. The average Bonchev–Trinajstić information content (AvgIpc) is 3.00. The van der Waals surface area contributed by atoms with Crippen LogP contribution in [0.25, 0.3) is 10.9 Å². The lowest BCUT2D eigenvalue weighted by Gasteiger charge is -2.63. The third kappa shape index (κ3) is 2.06. The van der Waals surface area contributed by atoms with Gasteiger partial charge >= 0.3 is 11.8 Å². The summed E-state index contributed by atoms with van der Waals surface area (Å²) < 4.78 is 94.1. The van der Waals surface area contributed by atoms with Gasteiger partial charge in [-0.05, 0) is 12.1 Å². The fraction of sp³-hybridized carbons (Fsp3) is 0.562. The average molecular weight is 442 g/mol. The maximum Gasteiger partial charge on any atom is 0.329 e. The normalized spacial score (nSPS) is 33.0. The van der Waals surface area contributed by atoms with Crippen molar-refractivity contribution in [2.45, 2.75) is 41.5 Å². The molecule has 152 valence electrons. The van der Waals surface area contributed by atoms with Crippen LogP contribution in [0.5, 0.6) is 0 Å². The lowest BCUT2D eigenvalue weighted by Crippen LogP contribution is -2.73. The summed E-state index contributed by atoms with van der Waals surface area (Å²) in [5, 5.41) is 3.89. The number of fused-ring (bicyclic) bond motifs is 1. The zero-order valence-corrected chi connectivity index (χ0v) is 15.7. The summed E-state index contributed by atoms with van der Waals surface area (Å²) in [4.78, 5) is 0.638. The number of rotatable bonds is 3. The van der Waals surface area contributed by atoms with Crippen LogP contribution >= 0.6 is 11.6 Å². The number of hydrogen-bond acceptors (Lipinski definition) is 4. The molecule has 0 atom stereocenters. The molecule has 0 amide bonds. The first-order chi connectivity index (χ1) is 12.8. The van der Waals surface area contributed by atoms with E-state index in [2.05, 4.69) is 5.10 Å². The molecule has 5 nitrogen and oxygen atoms in total. The Balaban J connectivity index is 1.67. The fourth-order valence-electron chi connectivity index (χ4n) is 4.44. The lowest BCUT2D eigenvalue weighted by atomic mass is 9.52. The largest absolute Gasteiger partial charge is 0.342 e. The van der Waals surface area contributed by atoms with Gasteiger partial charge in [0.25, 0.3) is 10.0 Å². The van der Waals surface area contributed by atoms with E-state index in [0.717, 1.165) is 0 Å². The Morgan fingerprint density at radius 2 is 1.57 bits per heavy atom. The van der Waals surface area contributed by atoms with Gasteiger partial charge in [-0.2, -0.15) is 21.6 Å². The van der Waals surface area contributed by atoms with E-state index in [0.29, 0.717) is 8.99 Å². The van der Waals surface area contributed by atoms with Crippen molar-refractivity contribution in [1.82, 2.24) is 9.19 Å². The van der Waals surface area contributed by atoms with E-state index in [-0.39, 0.29) is 41.0 Å². The predicted molar refractivity (Wildman–Crippen MR) is 91.6 cm³/mol. The number of benzene rings is 1. The van der Waals surface area contributed by atoms with E-state index in [9.17, 15) is 30.4 Å². The second-order valence-electron chi connectivity index (χ2n) is 7.93. The number of anilines is 1. The highest BCUT2D eigenvalue weighted by Gasteiger charge is 2.76. The molecule has 28 heavy (non-hydrogen) atoms. The topological polar surface area (TPSA) is 55.2 Å². The van der Waals surface area contributed by atoms with E-state index in [1.165, 1.54) is 18.2 Å². The van der Waals surface area contributed by atoms with E-state index in [1.54, 1.807) is 0 Å². The molecule has 0 N–H and O–H groups in total. The van der Waals surface area contributed by atoms with Crippen molar-refractivity contribution < 1.29 is 30.4 Å². The van der Waals surface area contributed by atoms with Crippen LogP contribution in [0.2, 0.25) is 5.02 Å². The van der Waals surface area contributed by atoms with Crippen molar-refractivity contribution in [2.24, 2.45) is 0 Å². The summed E-state index contributed by atoms with van der Waals surface area (Å²) in [7, 11) is -4.18. The molecule has 2 heterocycles. The van der Waals surface area contributed by atoms with Gasteiger partial charge in [-0.1, -0.05) is 17.7 Å². The molecule has 2 aromatic rings. The highest BCUT2D eigenvalue weighted by atomic mass is 35.5. The van der Waals surface area contributed by atoms with Crippen LogP contribution in [0.1, 0.15) is 19.3 Å². The second kappa shape index (κ2) is 4.92. The molecule has 0 spiro atoms. The standard InChI is InChI=1S/C16H13ClF5N3O2S/c17-9-2-1-3-10-11(9)12(24-7-15(19,20)16(21,22)8-24)23-25(10)28(26,27)14-4-13(18,5-14)6-14/h1-3H,4-8H2. The molecule has 1 saturated heterocycles. The van der Waals surface area contributed by atoms with Crippen LogP contribution in [0.3, 0.4) is 0 Å². The molecule has 1 aromatic heterocycles. The molecule has 0 unspecified atom stereocenters. The third-order valence-corrected chi connectivity index (χ3v) is 8.49. The third-order valence-electron chi connectivity index (χ3n) is 5.91. The van der Waals surface area contributed by atoms with Crippen molar-refractivity contribution in [2.75, 3.05) is 18.0 Å². The van der Waals surface area contributed by atoms with Gasteiger partial charge in [0.15, 0.2) is 5.82 Å². The van der Waals surface area contributed by atoms with Gasteiger partial charge < -0.3 is 4.90 Å². The minimum atomic E-state index is -4.29. The first-order valence-corrected chi connectivity index (χ1v) is 10.2. The van der Waals surface area contributed by atoms with Crippen molar-refractivity contribution >= 4 is 38.3 Å². The summed E-state index contributed by atoms with van der Waals surface area (Å²) in [5.41, 5.74) is -1.51. The first kappa shape index (κ1) is 18.4. The molecule has 6 rings (SSSR count). The van der Waals surface area contributed by atoms with E-state index in [1.807, 2.05) is 0 Å². The van der Waals surface area contributed by atoms with Gasteiger partial charge in [0.05, 0.1) is 29.0 Å². The van der Waals surface area contributed by atoms with Gasteiger partial charge in [-0.25, -0.2) is 12.8 Å². The molecular weight excluding hydrogens is 429 g/mol. The Morgan fingerprint density at radius 1 is 1.00 bits per heavy atom. The zero-order chi connectivity index (χ0) is 20.3. The molecule has 4 fully saturated rings. The SMILES string of the molecule is O=S(=O)(n1nc(N2CC(F)(F)C(F)(F)C2)c2c(Cl)cccc21)C12CC(F)(C1)C2. The molecule has 0 radical (unpaired) electrons. The lowest BCUT2D eigenvalue weighted by molar-refractivity contribution is -0.172. The number of hydrogen-bond donors (Lipinski definition) is 0. The van der Waals surface area contributed by atoms with E-state index >= 15 is 0 Å². The summed E-state index contributed by atoms with van der Waals surface area (Å²) >= 11 is 6.13. The molecule has 12 heteroatoms. The minimum Gasteiger partial charge on any atom is -0.342 e. The van der Waals surface area contributed by atoms with E-state index < -0.39 is 45.4 Å². The van der Waals surface area contributed by atoms with Crippen LogP contribution in [0.4, 0.5) is 27.8 Å². The molecule has 4 aliphatic rings. The van der Waals surface area contributed by atoms with Gasteiger partial charge in [0, 0.05) is 19.3 Å². The smallest absolute Gasteiger partial charge is 0.329 e. The van der Waals surface area contributed by atoms with Gasteiger partial charge in [-0.3, -0.25) is 0 Å². The van der Waals surface area contributed by atoms with Crippen molar-refractivity contribution in [3.63, 3.8) is 0 Å². The quantitative estimate of drug-likeness (QED) is 0.683. The number of nitrogens with zero attached hydrogens (tertiary/aromatic N) is 3. The molecule has 2 bridgehead atoms. The molecule has 1 aromatic carbocycles. The molecular formula is C16H13ClF5N3O2S. The minimum absolute atomic E-state index is 0.00737. The van der Waals surface area contributed by atoms with Crippen molar-refractivity contribution in [1.29, 1.82) is 0 Å². The van der Waals surface area contributed by atoms with Crippen molar-refractivity contribution in [3.8, 4) is 0 Å². The summed E-state index contributed by atoms with van der Waals surface area (Å²) in [6, 6.07) is 4.18. The maximum atomic E-state index is 13.9. The Kier molecular flexibility index (Phi) is 3.23. The summed E-state index contributed by atoms with van der Waals surface area (Å²) in [6.07, 6.45) is -0.502. The van der Waals surface area contributed by atoms with Crippen LogP contribution in [0, 0.1) is 0 Å². The van der Waals surface area contributed by atoms with Crippen LogP contribution < -0.4 is 4.90 Å². The fourth-order valence-corrected chi connectivity index (χ4v) is 6.98. The van der Waals surface area contributed by atoms with Crippen LogP contribution in [-0.4, -0.2) is 53.0 Å². The molecule has 3 saturated carbocycles. The Labute approximate surface area is 161 Å². The Bertz CT molecular complexity index is 1100. The Morgan fingerprint density at radius 3 is 2.11 bits per heavy atom. The van der Waals surface area contributed by atoms with Gasteiger partial charge in [0.1, 0.15) is 10.4 Å². The highest BCUT2D eigenvalue weighted by Crippen LogP contribution is 2.67. The highest BCUT2D eigenvalue weighted by molar-refractivity contribution is 7.91. The first-order valence-electron chi connectivity index (χ1n) is 8.43. The number of halogens is 6. The van der Waals surface area contributed by atoms with Gasteiger partial charge in [-0.15, -0.1) is 5.10 Å². The number of alkyl halides is 5. The van der Waals surface area contributed by atoms with Gasteiger partial charge in [0.2, 0.25) is 0 Å². The number of aromatic nitrogens is 2.